The van der Waals surface area contributed by atoms with Gasteiger partial charge in [-0.1, -0.05) is 60.7 Å². The van der Waals surface area contributed by atoms with Gasteiger partial charge in [0.2, 0.25) is 0 Å². The lowest BCUT2D eigenvalue weighted by Gasteiger charge is -2.33. The van der Waals surface area contributed by atoms with E-state index in [0.29, 0.717) is 6.61 Å². The van der Waals surface area contributed by atoms with Gasteiger partial charge in [-0.25, -0.2) is 0 Å². The van der Waals surface area contributed by atoms with Crippen LogP contribution in [0.2, 0.25) is 0 Å². The Morgan fingerprint density at radius 1 is 1.20 bits per heavy atom. The molecule has 0 aliphatic heterocycles. The lowest BCUT2D eigenvalue weighted by molar-refractivity contribution is -0.0653. The molecule has 1 fully saturated rings. The van der Waals surface area contributed by atoms with E-state index in [9.17, 15) is 0 Å². The van der Waals surface area contributed by atoms with Crippen molar-refractivity contribution in [1.29, 1.82) is 0 Å². The molecule has 0 unspecified atom stereocenters. The van der Waals surface area contributed by atoms with Gasteiger partial charge in [0.25, 0.3) is 0 Å². The minimum Gasteiger partial charge on any atom is -0.369 e. The third kappa shape index (κ3) is 4.87. The van der Waals surface area contributed by atoms with Gasteiger partial charge in [0.15, 0.2) is 0 Å². The molecule has 0 amide bonds. The van der Waals surface area contributed by atoms with Crippen molar-refractivity contribution in [2.45, 2.75) is 57.7 Å². The van der Waals surface area contributed by atoms with Crippen LogP contribution in [-0.2, 0) is 11.3 Å². The Morgan fingerprint density at radius 2 is 1.95 bits per heavy atom. The quantitative estimate of drug-likeness (QED) is 0.760. The molecule has 0 atom stereocenters. The first-order valence-corrected chi connectivity index (χ1v) is 8.62. The number of ether oxygens (including phenoxy) is 1. The zero-order valence-corrected chi connectivity index (χ0v) is 14.0. The fourth-order valence-corrected chi connectivity index (χ4v) is 3.41. The minimum atomic E-state index is 0.0365. The second-order valence-corrected chi connectivity index (χ2v) is 6.71. The van der Waals surface area contributed by atoms with Gasteiger partial charge in [-0.05, 0) is 37.1 Å². The standard InChI is InChI=1S/C17H26BrNO/c1-2-19-14-17(10-5-3-4-6-11-17)20-13-15-8-7-9-16(18)12-15/h7-9,12,19H,2-6,10-11,13-14H2,1H3. The average molecular weight is 340 g/mol. The smallest absolute Gasteiger partial charge is 0.0810 e. The van der Waals surface area contributed by atoms with Gasteiger partial charge in [0.1, 0.15) is 0 Å². The summed E-state index contributed by atoms with van der Waals surface area (Å²) in [7, 11) is 0. The second kappa shape index (κ2) is 8.16. The van der Waals surface area contributed by atoms with E-state index in [1.54, 1.807) is 0 Å². The van der Waals surface area contributed by atoms with Gasteiger partial charge >= 0.3 is 0 Å². The lowest BCUT2D eigenvalue weighted by atomic mass is 9.94. The van der Waals surface area contributed by atoms with Crippen LogP contribution in [0, 0.1) is 0 Å². The Balaban J connectivity index is 1.99. The zero-order valence-electron chi connectivity index (χ0n) is 12.5. The first kappa shape index (κ1) is 16.0. The van der Waals surface area contributed by atoms with E-state index in [0.717, 1.165) is 17.6 Å². The first-order chi connectivity index (χ1) is 9.74. The van der Waals surface area contributed by atoms with Crippen LogP contribution in [0.1, 0.15) is 51.0 Å². The molecule has 112 valence electrons. The number of nitrogens with one attached hydrogen (secondary N) is 1. The van der Waals surface area contributed by atoms with Gasteiger partial charge in [-0.2, -0.15) is 0 Å². The van der Waals surface area contributed by atoms with Crippen LogP contribution in [-0.4, -0.2) is 18.7 Å². The van der Waals surface area contributed by atoms with E-state index in [2.05, 4.69) is 52.4 Å². The van der Waals surface area contributed by atoms with E-state index < -0.39 is 0 Å². The monoisotopic (exact) mass is 339 g/mol. The zero-order chi connectivity index (χ0) is 14.3. The second-order valence-electron chi connectivity index (χ2n) is 5.80. The maximum atomic E-state index is 6.41. The maximum absolute atomic E-state index is 6.41. The van der Waals surface area contributed by atoms with Crippen molar-refractivity contribution < 1.29 is 4.74 Å². The maximum Gasteiger partial charge on any atom is 0.0810 e. The Bertz CT molecular complexity index is 400. The van der Waals surface area contributed by atoms with Crippen LogP contribution < -0.4 is 5.32 Å². The van der Waals surface area contributed by atoms with Gasteiger partial charge < -0.3 is 10.1 Å². The highest BCUT2D eigenvalue weighted by Gasteiger charge is 2.31. The largest absolute Gasteiger partial charge is 0.369 e. The molecule has 20 heavy (non-hydrogen) atoms. The van der Waals surface area contributed by atoms with Crippen molar-refractivity contribution in [2.75, 3.05) is 13.1 Å². The molecule has 1 N–H and O–H groups in total. The molecule has 0 saturated heterocycles. The van der Waals surface area contributed by atoms with Crippen molar-refractivity contribution in [3.8, 4) is 0 Å². The predicted octanol–water partition coefficient (Wildman–Crippen LogP) is 4.67. The van der Waals surface area contributed by atoms with Crippen LogP contribution in [0.15, 0.2) is 28.7 Å². The van der Waals surface area contributed by atoms with Crippen LogP contribution in [0.5, 0.6) is 0 Å². The third-order valence-electron chi connectivity index (χ3n) is 4.15. The number of hydrogen-bond donors (Lipinski definition) is 1. The third-order valence-corrected chi connectivity index (χ3v) is 4.64. The van der Waals surface area contributed by atoms with E-state index >= 15 is 0 Å². The van der Waals surface area contributed by atoms with Gasteiger partial charge in [0, 0.05) is 11.0 Å². The molecule has 0 radical (unpaired) electrons. The van der Waals surface area contributed by atoms with Crippen molar-refractivity contribution in [1.82, 2.24) is 5.32 Å². The number of hydrogen-bond acceptors (Lipinski definition) is 2. The van der Waals surface area contributed by atoms with Crippen molar-refractivity contribution in [2.24, 2.45) is 0 Å². The molecule has 0 bridgehead atoms. The van der Waals surface area contributed by atoms with Crippen molar-refractivity contribution in [3.05, 3.63) is 34.3 Å². The summed E-state index contributed by atoms with van der Waals surface area (Å²) in [6, 6.07) is 8.43. The SMILES string of the molecule is CCNCC1(OCc2cccc(Br)c2)CCCCCC1. The minimum absolute atomic E-state index is 0.0365. The summed E-state index contributed by atoms with van der Waals surface area (Å²) in [6.07, 6.45) is 7.68. The van der Waals surface area contributed by atoms with Crippen molar-refractivity contribution in [3.63, 3.8) is 0 Å². The summed E-state index contributed by atoms with van der Waals surface area (Å²) < 4.78 is 7.54. The highest BCUT2D eigenvalue weighted by Crippen LogP contribution is 2.31. The molecule has 1 aliphatic rings. The fourth-order valence-electron chi connectivity index (χ4n) is 2.96. The van der Waals surface area contributed by atoms with E-state index in [1.165, 1.54) is 44.1 Å². The molecule has 3 heteroatoms. The Hall–Kier alpha value is -0.380. The summed E-state index contributed by atoms with van der Waals surface area (Å²) in [5.74, 6) is 0. The molecule has 1 saturated carbocycles. The Morgan fingerprint density at radius 3 is 2.60 bits per heavy atom. The summed E-state index contributed by atoms with van der Waals surface area (Å²) in [4.78, 5) is 0. The highest BCUT2D eigenvalue weighted by molar-refractivity contribution is 9.10. The van der Waals surface area contributed by atoms with Crippen LogP contribution >= 0.6 is 15.9 Å². The fraction of sp³-hybridized carbons (Fsp3) is 0.647. The highest BCUT2D eigenvalue weighted by atomic mass is 79.9. The van der Waals surface area contributed by atoms with Crippen molar-refractivity contribution >= 4 is 15.9 Å². The molecule has 0 heterocycles. The topological polar surface area (TPSA) is 21.3 Å². The molecule has 1 aromatic rings. The van der Waals surface area contributed by atoms with E-state index in [4.69, 9.17) is 4.74 Å². The van der Waals surface area contributed by atoms with Gasteiger partial charge in [-0.3, -0.25) is 0 Å². The van der Waals surface area contributed by atoms with Crippen LogP contribution in [0.3, 0.4) is 0 Å². The van der Waals surface area contributed by atoms with Crippen LogP contribution in [0.4, 0.5) is 0 Å². The summed E-state index contributed by atoms with van der Waals surface area (Å²) >= 11 is 3.53. The Labute approximate surface area is 131 Å². The summed E-state index contributed by atoms with van der Waals surface area (Å²) in [6.45, 7) is 4.88. The molecular weight excluding hydrogens is 314 g/mol. The summed E-state index contributed by atoms with van der Waals surface area (Å²) in [5.41, 5.74) is 1.29. The van der Waals surface area contributed by atoms with Crippen LogP contribution in [0.25, 0.3) is 0 Å². The first-order valence-electron chi connectivity index (χ1n) is 7.83. The molecule has 0 aromatic heterocycles. The predicted molar refractivity (Wildman–Crippen MR) is 87.9 cm³/mol. The molecule has 0 spiro atoms. The number of benzene rings is 1. The average Bonchev–Trinajstić information content (AvgIpc) is 2.69. The lowest BCUT2D eigenvalue weighted by Crippen LogP contribution is -2.42. The summed E-state index contributed by atoms with van der Waals surface area (Å²) in [5, 5.41) is 3.50. The molecular formula is C17H26BrNO. The molecule has 2 rings (SSSR count). The normalized spacial score (nSPS) is 18.7. The number of likely N-dealkylation sites (N-methyl/N-ethyl adjacent to an activating group) is 1. The van der Waals surface area contributed by atoms with Gasteiger partial charge in [-0.15, -0.1) is 0 Å². The molecule has 1 aromatic carbocycles. The molecule has 2 nitrogen and oxygen atoms in total. The Kier molecular flexibility index (Phi) is 6.53. The van der Waals surface area contributed by atoms with E-state index in [-0.39, 0.29) is 5.60 Å². The number of halogens is 1. The van der Waals surface area contributed by atoms with E-state index in [1.807, 2.05) is 0 Å². The van der Waals surface area contributed by atoms with Gasteiger partial charge in [0.05, 0.1) is 12.2 Å². The number of rotatable bonds is 6. The molecule has 1 aliphatic carbocycles.